The summed E-state index contributed by atoms with van der Waals surface area (Å²) in [6.07, 6.45) is 12.8. The molecule has 2 rings (SSSR count). The van der Waals surface area contributed by atoms with Crippen LogP contribution in [-0.4, -0.2) is 23.4 Å². The van der Waals surface area contributed by atoms with Crippen LogP contribution >= 0.6 is 0 Å². The summed E-state index contributed by atoms with van der Waals surface area (Å²) in [7, 11) is 0. The van der Waals surface area contributed by atoms with Gasteiger partial charge in [0, 0.05) is 6.42 Å². The summed E-state index contributed by atoms with van der Waals surface area (Å²) >= 11 is 0. The molecular formula is C15H28O2. The fourth-order valence-corrected chi connectivity index (χ4v) is 3.47. The van der Waals surface area contributed by atoms with E-state index in [1.165, 1.54) is 44.9 Å². The fourth-order valence-electron chi connectivity index (χ4n) is 3.47. The Bertz CT molecular complexity index is 209. The second-order valence-corrected chi connectivity index (χ2v) is 5.91. The summed E-state index contributed by atoms with van der Waals surface area (Å²) in [5.74, 6) is 0.715. The molecule has 2 heteroatoms. The molecule has 1 N–H and O–H groups in total. The summed E-state index contributed by atoms with van der Waals surface area (Å²) in [5.41, 5.74) is 0. The lowest BCUT2D eigenvalue weighted by molar-refractivity contribution is -0.0200. The molecule has 0 aromatic heterocycles. The van der Waals surface area contributed by atoms with Crippen molar-refractivity contribution in [3.8, 4) is 0 Å². The van der Waals surface area contributed by atoms with Gasteiger partial charge in [0.25, 0.3) is 0 Å². The maximum absolute atomic E-state index is 10.0. The van der Waals surface area contributed by atoms with Crippen LogP contribution < -0.4 is 0 Å². The molecule has 0 aromatic carbocycles. The van der Waals surface area contributed by atoms with Gasteiger partial charge in [-0.15, -0.1) is 0 Å². The van der Waals surface area contributed by atoms with Gasteiger partial charge in [-0.2, -0.15) is 0 Å². The van der Waals surface area contributed by atoms with Gasteiger partial charge in [0.1, 0.15) is 0 Å². The maximum Gasteiger partial charge on any atom is 0.0838 e. The zero-order valence-corrected chi connectivity index (χ0v) is 11.2. The van der Waals surface area contributed by atoms with Crippen LogP contribution in [-0.2, 0) is 4.74 Å². The molecule has 2 fully saturated rings. The smallest absolute Gasteiger partial charge is 0.0838 e. The molecule has 0 aromatic rings. The first kappa shape index (κ1) is 13.4. The Morgan fingerprint density at radius 1 is 1.06 bits per heavy atom. The summed E-state index contributed by atoms with van der Waals surface area (Å²) in [5, 5.41) is 10.0. The third-order valence-electron chi connectivity index (χ3n) is 4.50. The first-order valence-corrected chi connectivity index (χ1v) is 7.64. The topological polar surface area (TPSA) is 29.5 Å². The van der Waals surface area contributed by atoms with Crippen LogP contribution in [0.5, 0.6) is 0 Å². The number of ether oxygens (including phenoxy) is 1. The van der Waals surface area contributed by atoms with E-state index in [0.717, 1.165) is 19.3 Å². The van der Waals surface area contributed by atoms with E-state index >= 15 is 0 Å². The molecule has 1 heterocycles. The van der Waals surface area contributed by atoms with Gasteiger partial charge in [-0.05, 0) is 25.2 Å². The van der Waals surface area contributed by atoms with Crippen molar-refractivity contribution in [3.63, 3.8) is 0 Å². The highest BCUT2D eigenvalue weighted by molar-refractivity contribution is 4.86. The van der Waals surface area contributed by atoms with E-state index in [9.17, 15) is 5.11 Å². The first-order chi connectivity index (χ1) is 8.31. The lowest BCUT2D eigenvalue weighted by Crippen LogP contribution is -2.22. The average molecular weight is 240 g/mol. The highest BCUT2D eigenvalue weighted by Crippen LogP contribution is 2.34. The molecule has 1 saturated carbocycles. The minimum atomic E-state index is -0.203. The molecule has 0 spiro atoms. The average Bonchev–Trinajstić information content (AvgIpc) is 2.60. The number of hydrogen-bond acceptors (Lipinski definition) is 2. The van der Waals surface area contributed by atoms with Crippen LogP contribution in [0.15, 0.2) is 0 Å². The van der Waals surface area contributed by atoms with Crippen molar-refractivity contribution in [2.75, 3.05) is 0 Å². The number of aliphatic hydroxyl groups is 1. The molecule has 1 saturated heterocycles. The Morgan fingerprint density at radius 3 is 2.35 bits per heavy atom. The van der Waals surface area contributed by atoms with Crippen LogP contribution in [0.25, 0.3) is 0 Å². The van der Waals surface area contributed by atoms with Crippen molar-refractivity contribution >= 4 is 0 Å². The van der Waals surface area contributed by atoms with E-state index < -0.39 is 0 Å². The van der Waals surface area contributed by atoms with Crippen LogP contribution in [0.3, 0.4) is 0 Å². The number of rotatable bonds is 3. The van der Waals surface area contributed by atoms with Gasteiger partial charge >= 0.3 is 0 Å². The summed E-state index contributed by atoms with van der Waals surface area (Å²) in [6, 6.07) is 0. The van der Waals surface area contributed by atoms with Crippen LogP contribution in [0.1, 0.15) is 71.1 Å². The van der Waals surface area contributed by atoms with Gasteiger partial charge in [0.15, 0.2) is 0 Å². The molecule has 0 bridgehead atoms. The zero-order valence-electron chi connectivity index (χ0n) is 11.2. The largest absolute Gasteiger partial charge is 0.390 e. The molecule has 17 heavy (non-hydrogen) atoms. The van der Waals surface area contributed by atoms with Crippen molar-refractivity contribution in [1.29, 1.82) is 0 Å². The van der Waals surface area contributed by atoms with E-state index in [-0.39, 0.29) is 12.2 Å². The molecule has 100 valence electrons. The van der Waals surface area contributed by atoms with E-state index in [1.807, 2.05) is 0 Å². The van der Waals surface area contributed by atoms with Gasteiger partial charge in [0.2, 0.25) is 0 Å². The minimum Gasteiger partial charge on any atom is -0.390 e. The Balaban J connectivity index is 1.84. The third-order valence-corrected chi connectivity index (χ3v) is 4.50. The second-order valence-electron chi connectivity index (χ2n) is 5.91. The molecule has 1 aliphatic carbocycles. The fraction of sp³-hybridized carbons (Fsp3) is 1.00. The van der Waals surface area contributed by atoms with Crippen molar-refractivity contribution in [2.24, 2.45) is 5.92 Å². The normalized spacial score (nSPS) is 36.7. The van der Waals surface area contributed by atoms with Gasteiger partial charge in [-0.25, -0.2) is 0 Å². The zero-order chi connectivity index (χ0) is 12.1. The third kappa shape index (κ3) is 3.69. The Kier molecular flexibility index (Phi) is 5.30. The molecular weight excluding hydrogens is 212 g/mol. The molecule has 0 radical (unpaired) electrons. The molecule has 1 aliphatic heterocycles. The second kappa shape index (κ2) is 6.75. The van der Waals surface area contributed by atoms with Crippen LogP contribution in [0.4, 0.5) is 0 Å². The van der Waals surface area contributed by atoms with Crippen molar-refractivity contribution in [3.05, 3.63) is 0 Å². The Labute approximate surface area is 106 Å². The van der Waals surface area contributed by atoms with Crippen molar-refractivity contribution in [1.82, 2.24) is 0 Å². The minimum absolute atomic E-state index is 0.121. The monoisotopic (exact) mass is 240 g/mol. The number of hydrogen-bond donors (Lipinski definition) is 1. The van der Waals surface area contributed by atoms with Crippen molar-refractivity contribution < 1.29 is 9.84 Å². The molecule has 2 aliphatic rings. The summed E-state index contributed by atoms with van der Waals surface area (Å²) in [6.45, 7) is 2.17. The van der Waals surface area contributed by atoms with Crippen molar-refractivity contribution in [2.45, 2.75) is 89.4 Å². The Morgan fingerprint density at radius 2 is 1.71 bits per heavy atom. The predicted molar refractivity (Wildman–Crippen MR) is 70.0 cm³/mol. The van der Waals surface area contributed by atoms with Gasteiger partial charge in [0.05, 0.1) is 18.3 Å². The standard InChI is InChI=1S/C15H28O2/c1-2-8-14-13(16)11-15(17-14)12-9-6-4-3-5-7-10-12/h12-16H,2-11H2,1H3/t13-,14?,15-/m1/s1. The molecule has 1 unspecified atom stereocenters. The number of aliphatic hydroxyl groups excluding tert-OH is 1. The summed E-state index contributed by atoms with van der Waals surface area (Å²) in [4.78, 5) is 0. The first-order valence-electron chi connectivity index (χ1n) is 7.64. The quantitative estimate of drug-likeness (QED) is 0.815. The lowest BCUT2D eigenvalue weighted by atomic mass is 9.86. The highest BCUT2D eigenvalue weighted by atomic mass is 16.5. The highest BCUT2D eigenvalue weighted by Gasteiger charge is 2.37. The van der Waals surface area contributed by atoms with E-state index in [1.54, 1.807) is 0 Å². The van der Waals surface area contributed by atoms with Crippen LogP contribution in [0.2, 0.25) is 0 Å². The lowest BCUT2D eigenvalue weighted by Gasteiger charge is -2.25. The SMILES string of the molecule is CCCC1O[C@@H](C2CCCCCCC2)C[C@H]1O. The summed E-state index contributed by atoms with van der Waals surface area (Å²) < 4.78 is 6.10. The maximum atomic E-state index is 10.0. The van der Waals surface area contributed by atoms with Gasteiger partial charge in [-0.1, -0.05) is 45.4 Å². The van der Waals surface area contributed by atoms with Gasteiger partial charge in [-0.3, -0.25) is 0 Å². The van der Waals surface area contributed by atoms with E-state index in [0.29, 0.717) is 12.0 Å². The van der Waals surface area contributed by atoms with E-state index in [2.05, 4.69) is 6.92 Å². The Hall–Kier alpha value is -0.0800. The predicted octanol–water partition coefficient (Wildman–Crippen LogP) is 3.67. The molecule has 2 nitrogen and oxygen atoms in total. The molecule has 0 amide bonds. The van der Waals surface area contributed by atoms with E-state index in [4.69, 9.17) is 4.74 Å². The van der Waals surface area contributed by atoms with Gasteiger partial charge < -0.3 is 9.84 Å². The molecule has 3 atom stereocenters. The van der Waals surface area contributed by atoms with Crippen LogP contribution in [0, 0.1) is 5.92 Å².